The first-order valence-electron chi connectivity index (χ1n) is 9.97. The van der Waals surface area contributed by atoms with Crippen molar-refractivity contribution in [1.29, 1.82) is 0 Å². The Morgan fingerprint density at radius 1 is 1.11 bits per heavy atom. The molecule has 2 heterocycles. The molecular weight excluding hydrogens is 364 g/mol. The Balaban J connectivity index is 1.45. The maximum atomic E-state index is 12.2. The summed E-state index contributed by atoms with van der Waals surface area (Å²) in [5, 5.41) is 2.20. The highest BCUT2D eigenvalue weighted by atomic mass is 32.2. The zero-order chi connectivity index (χ0) is 19.3. The van der Waals surface area contributed by atoms with Crippen LogP contribution in [0.4, 0.5) is 0 Å². The van der Waals surface area contributed by atoms with Crippen molar-refractivity contribution in [1.82, 2.24) is 9.88 Å². The van der Waals surface area contributed by atoms with Crippen molar-refractivity contribution < 1.29 is 4.79 Å². The highest BCUT2D eigenvalue weighted by Crippen LogP contribution is 2.46. The third-order valence-electron chi connectivity index (χ3n) is 6.63. The van der Waals surface area contributed by atoms with Crippen molar-refractivity contribution >= 4 is 28.6 Å². The van der Waals surface area contributed by atoms with Crippen LogP contribution in [0.1, 0.15) is 37.3 Å². The number of amides is 1. The molecule has 5 rings (SSSR count). The predicted octanol–water partition coefficient (Wildman–Crippen LogP) is 5.21. The number of para-hydroxylation sites is 1. The molecular formula is C24H24N2OS. The number of aromatic nitrogens is 1. The van der Waals surface area contributed by atoms with Gasteiger partial charge >= 0.3 is 0 Å². The zero-order valence-corrected chi connectivity index (χ0v) is 17.1. The molecule has 4 heteroatoms. The molecule has 0 bridgehead atoms. The highest BCUT2D eigenvalue weighted by Gasteiger charge is 2.46. The van der Waals surface area contributed by atoms with E-state index in [-0.39, 0.29) is 5.41 Å². The number of piperidine rings is 1. The third kappa shape index (κ3) is 2.82. The summed E-state index contributed by atoms with van der Waals surface area (Å²) in [4.78, 5) is 20.2. The van der Waals surface area contributed by atoms with Crippen molar-refractivity contribution in [2.45, 2.75) is 54.0 Å². The quantitative estimate of drug-likeness (QED) is 0.604. The number of carbonyl (C=O) groups is 1. The molecule has 1 aromatic heterocycles. The van der Waals surface area contributed by atoms with Gasteiger partial charge in [0.15, 0.2) is 0 Å². The van der Waals surface area contributed by atoms with Crippen molar-refractivity contribution in [3.05, 3.63) is 65.7 Å². The molecule has 2 aromatic carbocycles. The fraction of sp³-hybridized carbons (Fsp3) is 0.333. The molecule has 142 valence electrons. The number of nitrogens with zero attached hydrogens (tertiary/aromatic N) is 2. The van der Waals surface area contributed by atoms with Crippen LogP contribution in [0.5, 0.6) is 0 Å². The van der Waals surface area contributed by atoms with Crippen LogP contribution in [0.25, 0.3) is 10.9 Å². The van der Waals surface area contributed by atoms with Gasteiger partial charge in [0.1, 0.15) is 5.03 Å². The van der Waals surface area contributed by atoms with Crippen LogP contribution in [0, 0.1) is 0 Å². The van der Waals surface area contributed by atoms with Gasteiger partial charge in [-0.1, -0.05) is 49.0 Å². The zero-order valence-electron chi connectivity index (χ0n) is 16.3. The molecule has 0 N–H and O–H groups in total. The van der Waals surface area contributed by atoms with E-state index in [4.69, 9.17) is 4.98 Å². The van der Waals surface area contributed by atoms with E-state index in [1.807, 2.05) is 24.1 Å². The Morgan fingerprint density at radius 2 is 1.96 bits per heavy atom. The van der Waals surface area contributed by atoms with Crippen LogP contribution in [0.15, 0.2) is 64.5 Å². The Labute approximate surface area is 170 Å². The minimum atomic E-state index is 0.0701. The molecule has 1 aliphatic heterocycles. The van der Waals surface area contributed by atoms with E-state index in [9.17, 15) is 4.79 Å². The van der Waals surface area contributed by atoms with E-state index in [1.165, 1.54) is 21.4 Å². The topological polar surface area (TPSA) is 33.2 Å². The summed E-state index contributed by atoms with van der Waals surface area (Å²) in [7, 11) is 1.98. The number of aryl methyl sites for hydroxylation is 1. The number of rotatable bonds is 2. The largest absolute Gasteiger partial charge is 0.342 e. The number of likely N-dealkylation sites (tertiary alicyclic amines) is 1. The van der Waals surface area contributed by atoms with E-state index in [0.717, 1.165) is 29.8 Å². The van der Waals surface area contributed by atoms with E-state index >= 15 is 0 Å². The molecule has 3 nitrogen and oxygen atoms in total. The van der Waals surface area contributed by atoms with Crippen LogP contribution in [0.3, 0.4) is 0 Å². The highest BCUT2D eigenvalue weighted by molar-refractivity contribution is 7.99. The first-order chi connectivity index (χ1) is 13.5. The van der Waals surface area contributed by atoms with E-state index in [0.29, 0.717) is 18.4 Å². The summed E-state index contributed by atoms with van der Waals surface area (Å²) in [6.07, 6.45) is 3.69. The molecule has 2 aliphatic rings. The predicted molar refractivity (Wildman–Crippen MR) is 114 cm³/mol. The molecule has 3 aromatic rings. The SMILES string of the molecule is CN1C(=O)CC[C@]2(C)c3ccc(Sc4ccc5ccccc5n4)cc3CCC12. The van der Waals surface area contributed by atoms with Gasteiger partial charge in [0.05, 0.1) is 5.52 Å². The number of hydrogen-bond acceptors (Lipinski definition) is 3. The fourth-order valence-corrected chi connectivity index (χ4v) is 5.91. The van der Waals surface area contributed by atoms with Crippen molar-refractivity contribution in [2.75, 3.05) is 7.05 Å². The summed E-state index contributed by atoms with van der Waals surface area (Å²) in [6.45, 7) is 2.34. The second-order valence-corrected chi connectivity index (χ2v) is 9.33. The van der Waals surface area contributed by atoms with Gasteiger partial charge in [0, 0.05) is 35.2 Å². The first kappa shape index (κ1) is 17.7. The summed E-state index contributed by atoms with van der Waals surface area (Å²) < 4.78 is 0. The molecule has 1 amide bonds. The van der Waals surface area contributed by atoms with Crippen molar-refractivity contribution in [2.24, 2.45) is 0 Å². The number of benzene rings is 2. The van der Waals surface area contributed by atoms with Gasteiger partial charge in [-0.15, -0.1) is 0 Å². The number of pyridine rings is 1. The molecule has 1 unspecified atom stereocenters. The van der Waals surface area contributed by atoms with Crippen LogP contribution < -0.4 is 0 Å². The van der Waals surface area contributed by atoms with Crippen LogP contribution in [-0.2, 0) is 16.6 Å². The normalized spacial score (nSPS) is 24.1. The summed E-state index contributed by atoms with van der Waals surface area (Å²) >= 11 is 1.73. The number of carbonyl (C=O) groups excluding carboxylic acids is 1. The third-order valence-corrected chi connectivity index (χ3v) is 7.56. The second-order valence-electron chi connectivity index (χ2n) is 8.24. The lowest BCUT2D eigenvalue weighted by Gasteiger charge is -2.50. The van der Waals surface area contributed by atoms with E-state index in [1.54, 1.807) is 11.8 Å². The molecule has 1 fully saturated rings. The standard InChI is InChI=1S/C24H24N2OS/c1-24-14-13-23(27)26(2)21(24)11-7-17-15-18(9-10-19(17)24)28-22-12-8-16-5-3-4-6-20(16)25-22/h3-6,8-10,12,15,21H,7,11,13-14H2,1-2H3/t21?,24-/m1/s1. The first-order valence-corrected chi connectivity index (χ1v) is 10.8. The smallest absolute Gasteiger partial charge is 0.222 e. The van der Waals surface area contributed by atoms with Gasteiger partial charge in [0.2, 0.25) is 5.91 Å². The second kappa shape index (κ2) is 6.63. The Kier molecular flexibility index (Phi) is 4.20. The molecule has 2 atom stereocenters. The summed E-state index contributed by atoms with van der Waals surface area (Å²) in [6, 6.07) is 19.7. The molecule has 1 aliphatic carbocycles. The minimum absolute atomic E-state index is 0.0701. The van der Waals surface area contributed by atoms with Gasteiger partial charge in [-0.3, -0.25) is 4.79 Å². The lowest BCUT2D eigenvalue weighted by atomic mass is 9.63. The van der Waals surface area contributed by atoms with E-state index in [2.05, 4.69) is 49.4 Å². The number of hydrogen-bond donors (Lipinski definition) is 0. The molecule has 0 radical (unpaired) electrons. The van der Waals surface area contributed by atoms with Gasteiger partial charge in [-0.2, -0.15) is 0 Å². The van der Waals surface area contributed by atoms with Crippen LogP contribution >= 0.6 is 11.8 Å². The maximum Gasteiger partial charge on any atom is 0.222 e. The van der Waals surface area contributed by atoms with E-state index < -0.39 is 0 Å². The van der Waals surface area contributed by atoms with Gasteiger partial charge in [0.25, 0.3) is 0 Å². The van der Waals surface area contributed by atoms with Gasteiger partial charge < -0.3 is 4.90 Å². The van der Waals surface area contributed by atoms with Crippen molar-refractivity contribution in [3.63, 3.8) is 0 Å². The number of fused-ring (bicyclic) bond motifs is 4. The van der Waals surface area contributed by atoms with Crippen LogP contribution in [0.2, 0.25) is 0 Å². The minimum Gasteiger partial charge on any atom is -0.342 e. The Morgan fingerprint density at radius 3 is 2.86 bits per heavy atom. The van der Waals surface area contributed by atoms with Crippen LogP contribution in [-0.4, -0.2) is 28.9 Å². The number of likely N-dealkylation sites (N-methyl/N-ethyl adjacent to an activating group) is 1. The average molecular weight is 389 g/mol. The molecule has 0 saturated carbocycles. The maximum absolute atomic E-state index is 12.2. The van der Waals surface area contributed by atoms with Crippen molar-refractivity contribution in [3.8, 4) is 0 Å². The Hall–Kier alpha value is -2.33. The van der Waals surface area contributed by atoms with Gasteiger partial charge in [-0.25, -0.2) is 4.98 Å². The monoisotopic (exact) mass is 388 g/mol. The molecule has 0 spiro atoms. The average Bonchev–Trinajstić information content (AvgIpc) is 2.71. The fourth-order valence-electron chi connectivity index (χ4n) is 5.05. The molecule has 1 saturated heterocycles. The lowest BCUT2D eigenvalue weighted by Crippen LogP contribution is -2.56. The summed E-state index contributed by atoms with van der Waals surface area (Å²) in [5.41, 5.74) is 3.97. The van der Waals surface area contributed by atoms with Gasteiger partial charge in [-0.05, 0) is 54.7 Å². The summed E-state index contributed by atoms with van der Waals surface area (Å²) in [5.74, 6) is 0.292. The lowest BCUT2D eigenvalue weighted by molar-refractivity contribution is -0.138. The molecule has 28 heavy (non-hydrogen) atoms. The Bertz CT molecular complexity index is 1080.